The monoisotopic (exact) mass is 355 g/mol. The fourth-order valence-electron chi connectivity index (χ4n) is 4.21. The van der Waals surface area contributed by atoms with Crippen LogP contribution in [0.2, 0.25) is 0 Å². The van der Waals surface area contributed by atoms with Crippen molar-refractivity contribution < 1.29 is 14.3 Å². The number of hydrogen-bond acceptors (Lipinski definition) is 4. The number of aromatic hydroxyl groups is 1. The highest BCUT2D eigenvalue weighted by molar-refractivity contribution is 5.94. The van der Waals surface area contributed by atoms with Crippen molar-refractivity contribution in [1.29, 1.82) is 0 Å². The van der Waals surface area contributed by atoms with Gasteiger partial charge in [-0.3, -0.25) is 4.79 Å². The number of aromatic nitrogens is 1. The Morgan fingerprint density at radius 1 is 1.35 bits per heavy atom. The number of anilines is 2. The fourth-order valence-corrected chi connectivity index (χ4v) is 4.21. The van der Waals surface area contributed by atoms with E-state index in [-0.39, 0.29) is 35.6 Å². The lowest BCUT2D eigenvalue weighted by molar-refractivity contribution is -0.117. The Kier molecular flexibility index (Phi) is 4.05. The van der Waals surface area contributed by atoms with E-state index < -0.39 is 0 Å². The van der Waals surface area contributed by atoms with Crippen molar-refractivity contribution in [2.24, 2.45) is 11.8 Å². The van der Waals surface area contributed by atoms with Crippen molar-refractivity contribution in [3.8, 4) is 5.88 Å². The van der Waals surface area contributed by atoms with Crippen molar-refractivity contribution in [3.63, 3.8) is 0 Å². The van der Waals surface area contributed by atoms with Crippen molar-refractivity contribution >= 4 is 17.3 Å². The number of fused-ring (bicyclic) bond motifs is 1. The number of amides is 1. The average molecular weight is 355 g/mol. The number of nitrogens with one attached hydrogen (secondary N) is 1. The maximum atomic E-state index is 14.0. The molecule has 1 fully saturated rings. The Morgan fingerprint density at radius 2 is 2.12 bits per heavy atom. The van der Waals surface area contributed by atoms with Gasteiger partial charge in [0, 0.05) is 36.3 Å². The molecule has 1 aromatic carbocycles. The summed E-state index contributed by atoms with van der Waals surface area (Å²) >= 11 is 0. The number of halogens is 1. The molecule has 2 heterocycles. The van der Waals surface area contributed by atoms with E-state index in [0.29, 0.717) is 11.6 Å². The van der Waals surface area contributed by atoms with Crippen LogP contribution in [-0.4, -0.2) is 22.0 Å². The quantitative estimate of drug-likeness (QED) is 0.877. The first-order valence-corrected chi connectivity index (χ1v) is 8.97. The number of benzene rings is 1. The summed E-state index contributed by atoms with van der Waals surface area (Å²) in [6.07, 6.45) is 3.71. The molecule has 0 unspecified atom stereocenters. The van der Waals surface area contributed by atoms with Gasteiger partial charge in [0.1, 0.15) is 5.82 Å². The molecule has 2 aliphatic rings. The number of nitrogens with zero attached hydrogens (tertiary/aromatic N) is 2. The van der Waals surface area contributed by atoms with Crippen LogP contribution in [0.3, 0.4) is 0 Å². The van der Waals surface area contributed by atoms with Crippen LogP contribution in [-0.2, 0) is 4.79 Å². The van der Waals surface area contributed by atoms with E-state index >= 15 is 0 Å². The zero-order valence-electron chi connectivity index (χ0n) is 14.8. The minimum atomic E-state index is -0.341. The van der Waals surface area contributed by atoms with E-state index in [0.717, 1.165) is 24.1 Å². The van der Waals surface area contributed by atoms with Crippen LogP contribution in [0.4, 0.5) is 15.8 Å². The fraction of sp³-hybridized carbons (Fsp3) is 0.400. The summed E-state index contributed by atoms with van der Waals surface area (Å²) in [5, 5.41) is 13.4. The smallest absolute Gasteiger partial charge is 0.234 e. The molecule has 6 heteroatoms. The predicted octanol–water partition coefficient (Wildman–Crippen LogP) is 3.86. The molecule has 4 rings (SSSR count). The first kappa shape index (κ1) is 16.8. The van der Waals surface area contributed by atoms with Gasteiger partial charge in [0.25, 0.3) is 0 Å². The molecule has 1 saturated carbocycles. The van der Waals surface area contributed by atoms with E-state index in [1.165, 1.54) is 18.3 Å². The highest BCUT2D eigenvalue weighted by atomic mass is 19.1. The summed E-state index contributed by atoms with van der Waals surface area (Å²) in [6.45, 7) is 3.65. The SMILES string of the molecule is CC(=O)N1c2ccc(F)cc2[C@H](Nc2cccnc2O)[C@@H](C)[C@@H]1C1CC1. The lowest BCUT2D eigenvalue weighted by atomic mass is 9.80. The number of carbonyl (C=O) groups is 1. The van der Waals surface area contributed by atoms with E-state index in [1.807, 2.05) is 4.90 Å². The van der Waals surface area contributed by atoms with Gasteiger partial charge in [-0.05, 0) is 49.1 Å². The lowest BCUT2D eigenvalue weighted by Crippen LogP contribution is -2.51. The molecule has 0 bridgehead atoms. The summed E-state index contributed by atoms with van der Waals surface area (Å²) in [7, 11) is 0. The van der Waals surface area contributed by atoms with Crippen LogP contribution >= 0.6 is 0 Å². The molecular weight excluding hydrogens is 333 g/mol. The van der Waals surface area contributed by atoms with E-state index in [2.05, 4.69) is 17.2 Å². The van der Waals surface area contributed by atoms with Gasteiger partial charge in [-0.1, -0.05) is 6.92 Å². The molecule has 2 aromatic rings. The first-order valence-electron chi connectivity index (χ1n) is 8.97. The Balaban J connectivity index is 1.82. The predicted molar refractivity (Wildman–Crippen MR) is 97.5 cm³/mol. The molecule has 1 aliphatic heterocycles. The molecular formula is C20H22FN3O2. The third kappa shape index (κ3) is 2.79. The van der Waals surface area contributed by atoms with Gasteiger partial charge in [0.2, 0.25) is 11.8 Å². The minimum absolute atomic E-state index is 0.0238. The molecule has 1 amide bonds. The van der Waals surface area contributed by atoms with Crippen molar-refractivity contribution in [2.45, 2.75) is 38.8 Å². The van der Waals surface area contributed by atoms with E-state index in [1.54, 1.807) is 25.1 Å². The van der Waals surface area contributed by atoms with Gasteiger partial charge >= 0.3 is 0 Å². The zero-order chi connectivity index (χ0) is 18.4. The molecule has 0 spiro atoms. The van der Waals surface area contributed by atoms with E-state index in [9.17, 15) is 14.3 Å². The number of pyridine rings is 1. The molecule has 26 heavy (non-hydrogen) atoms. The van der Waals surface area contributed by atoms with Crippen LogP contribution in [0.1, 0.15) is 38.3 Å². The maximum Gasteiger partial charge on any atom is 0.234 e. The molecule has 1 aromatic heterocycles. The highest BCUT2D eigenvalue weighted by Gasteiger charge is 2.47. The van der Waals surface area contributed by atoms with Crippen LogP contribution < -0.4 is 10.2 Å². The highest BCUT2D eigenvalue weighted by Crippen LogP contribution is 2.50. The molecule has 0 radical (unpaired) electrons. The number of rotatable bonds is 3. The summed E-state index contributed by atoms with van der Waals surface area (Å²) < 4.78 is 14.0. The van der Waals surface area contributed by atoms with Crippen molar-refractivity contribution in [1.82, 2.24) is 4.98 Å². The van der Waals surface area contributed by atoms with Gasteiger partial charge in [-0.25, -0.2) is 9.37 Å². The molecule has 3 atom stereocenters. The summed E-state index contributed by atoms with van der Waals surface area (Å²) in [6, 6.07) is 7.88. The first-order chi connectivity index (χ1) is 12.5. The number of carbonyl (C=O) groups excluding carboxylic acids is 1. The second kappa shape index (κ2) is 6.27. The largest absolute Gasteiger partial charge is 0.492 e. The lowest BCUT2D eigenvalue weighted by Gasteiger charge is -2.46. The Bertz CT molecular complexity index is 853. The van der Waals surface area contributed by atoms with Crippen LogP contribution in [0.15, 0.2) is 36.5 Å². The summed E-state index contributed by atoms with van der Waals surface area (Å²) in [5.41, 5.74) is 1.98. The molecule has 2 N–H and O–H groups in total. The van der Waals surface area contributed by atoms with Gasteiger partial charge in [0.15, 0.2) is 0 Å². The third-order valence-corrected chi connectivity index (χ3v) is 5.49. The molecule has 5 nitrogen and oxygen atoms in total. The van der Waals surface area contributed by atoms with Crippen LogP contribution in [0, 0.1) is 17.7 Å². The maximum absolute atomic E-state index is 14.0. The normalized spacial score (nSPS) is 24.9. The average Bonchev–Trinajstić information content (AvgIpc) is 3.43. The van der Waals surface area contributed by atoms with Crippen LogP contribution in [0.25, 0.3) is 0 Å². The number of hydrogen-bond donors (Lipinski definition) is 2. The van der Waals surface area contributed by atoms with E-state index in [4.69, 9.17) is 0 Å². The van der Waals surface area contributed by atoms with Crippen LogP contribution in [0.5, 0.6) is 5.88 Å². The topological polar surface area (TPSA) is 65.5 Å². The Morgan fingerprint density at radius 3 is 2.77 bits per heavy atom. The third-order valence-electron chi connectivity index (χ3n) is 5.49. The van der Waals surface area contributed by atoms with Gasteiger partial charge in [-0.2, -0.15) is 0 Å². The van der Waals surface area contributed by atoms with Gasteiger partial charge in [-0.15, -0.1) is 0 Å². The molecule has 0 saturated heterocycles. The van der Waals surface area contributed by atoms with Crippen molar-refractivity contribution in [2.75, 3.05) is 10.2 Å². The summed E-state index contributed by atoms with van der Waals surface area (Å²) in [5.74, 6) is 0.0599. The van der Waals surface area contributed by atoms with Gasteiger partial charge < -0.3 is 15.3 Å². The second-order valence-electron chi connectivity index (χ2n) is 7.28. The molecule has 136 valence electrons. The Hall–Kier alpha value is -2.63. The summed E-state index contributed by atoms with van der Waals surface area (Å²) in [4.78, 5) is 18.2. The van der Waals surface area contributed by atoms with Crippen molar-refractivity contribution in [3.05, 3.63) is 47.9 Å². The Labute approximate surface area is 151 Å². The van der Waals surface area contributed by atoms with Gasteiger partial charge in [0.05, 0.1) is 11.7 Å². The molecule has 1 aliphatic carbocycles. The minimum Gasteiger partial charge on any atom is -0.492 e. The standard InChI is InChI=1S/C20H22FN3O2/c1-11-18(23-16-4-3-9-22-20(16)26)15-10-14(21)7-8-17(15)24(12(2)25)19(11)13-5-6-13/h3-4,7-11,13,18-19,23H,5-6H2,1-2H3,(H,22,26)/t11-,18-,19-/m1/s1. The second-order valence-corrected chi connectivity index (χ2v) is 7.28. The zero-order valence-corrected chi connectivity index (χ0v) is 14.8.